The molecule has 0 spiro atoms. The number of nitrogens with zero attached hydrogens (tertiary/aromatic N) is 4. The number of aromatic nitrogens is 4. The molecule has 0 aliphatic rings. The second-order valence-electron chi connectivity index (χ2n) is 9.63. The summed E-state index contributed by atoms with van der Waals surface area (Å²) in [6, 6.07) is 43.1. The van der Waals surface area contributed by atoms with Crippen molar-refractivity contribution in [3.8, 4) is 45.0 Å². The van der Waals surface area contributed by atoms with Crippen LogP contribution in [0, 0.1) is 6.92 Å². The highest BCUT2D eigenvalue weighted by Crippen LogP contribution is 2.35. The van der Waals surface area contributed by atoms with E-state index in [1.807, 2.05) is 66.7 Å². The van der Waals surface area contributed by atoms with Crippen molar-refractivity contribution in [2.45, 2.75) is 6.92 Å². The third kappa shape index (κ3) is 4.32. The molecule has 7 rings (SSSR count). The van der Waals surface area contributed by atoms with Crippen molar-refractivity contribution in [2.24, 2.45) is 0 Å². The van der Waals surface area contributed by atoms with Gasteiger partial charge >= 0.3 is 0 Å². The first kappa shape index (κ1) is 22.9. The molecule has 0 fully saturated rings. The Morgan fingerprint density at radius 1 is 0.333 bits per heavy atom. The minimum atomic E-state index is 0.856. The number of rotatable bonds is 4. The lowest BCUT2D eigenvalue weighted by molar-refractivity contribution is 1.28. The summed E-state index contributed by atoms with van der Waals surface area (Å²) in [7, 11) is 0. The lowest BCUT2D eigenvalue weighted by atomic mass is 9.99. The van der Waals surface area contributed by atoms with E-state index >= 15 is 0 Å². The fourth-order valence-electron chi connectivity index (χ4n) is 4.95. The molecule has 184 valence electrons. The maximum atomic E-state index is 5.08. The van der Waals surface area contributed by atoms with Gasteiger partial charge < -0.3 is 0 Å². The Hall–Kier alpha value is -5.22. The Morgan fingerprint density at radius 2 is 0.692 bits per heavy atom. The molecular weight excluding hydrogens is 476 g/mol. The van der Waals surface area contributed by atoms with Gasteiger partial charge in [-0.2, -0.15) is 0 Å². The number of benzene rings is 5. The Bertz CT molecular complexity index is 1950. The van der Waals surface area contributed by atoms with E-state index in [1.165, 1.54) is 5.56 Å². The van der Waals surface area contributed by atoms with Crippen LogP contribution < -0.4 is 0 Å². The summed E-state index contributed by atoms with van der Waals surface area (Å²) in [6.07, 6.45) is 0. The van der Waals surface area contributed by atoms with Crippen molar-refractivity contribution in [3.63, 3.8) is 0 Å². The van der Waals surface area contributed by atoms with Gasteiger partial charge in [0.05, 0.1) is 44.8 Å². The van der Waals surface area contributed by atoms with E-state index in [9.17, 15) is 0 Å². The Labute approximate surface area is 226 Å². The fourth-order valence-corrected chi connectivity index (χ4v) is 4.95. The lowest BCUT2D eigenvalue weighted by Gasteiger charge is -2.13. The summed E-state index contributed by atoms with van der Waals surface area (Å²) in [5.41, 5.74) is 12.2. The number of hydrogen-bond donors (Lipinski definition) is 0. The lowest BCUT2D eigenvalue weighted by Crippen LogP contribution is -1.97. The summed E-state index contributed by atoms with van der Waals surface area (Å²) in [4.78, 5) is 20.2. The maximum absolute atomic E-state index is 5.08. The van der Waals surface area contributed by atoms with Gasteiger partial charge in [0.25, 0.3) is 0 Å². The average molecular weight is 501 g/mol. The maximum Gasteiger partial charge on any atom is 0.0973 e. The second-order valence-corrected chi connectivity index (χ2v) is 9.63. The van der Waals surface area contributed by atoms with Gasteiger partial charge in [-0.3, -0.25) is 0 Å². The molecular formula is C35H24N4. The van der Waals surface area contributed by atoms with Gasteiger partial charge in [-0.1, -0.05) is 103 Å². The van der Waals surface area contributed by atoms with E-state index in [0.717, 1.165) is 67.1 Å². The van der Waals surface area contributed by atoms with Gasteiger partial charge in [0, 0.05) is 22.3 Å². The molecule has 7 aromatic rings. The van der Waals surface area contributed by atoms with Crippen molar-refractivity contribution in [1.82, 2.24) is 19.9 Å². The van der Waals surface area contributed by atoms with E-state index in [2.05, 4.69) is 67.6 Å². The zero-order valence-electron chi connectivity index (χ0n) is 21.4. The van der Waals surface area contributed by atoms with Gasteiger partial charge in [0.1, 0.15) is 0 Å². The van der Waals surface area contributed by atoms with Crippen LogP contribution in [0.15, 0.2) is 127 Å². The molecule has 0 atom stereocenters. The molecule has 0 aliphatic carbocycles. The number of aryl methyl sites for hydroxylation is 1. The van der Waals surface area contributed by atoms with Crippen LogP contribution in [0.25, 0.3) is 67.1 Å². The second kappa shape index (κ2) is 9.58. The third-order valence-electron chi connectivity index (χ3n) is 6.92. The molecule has 4 nitrogen and oxygen atoms in total. The molecule has 0 radical (unpaired) electrons. The minimum absolute atomic E-state index is 0.856. The van der Waals surface area contributed by atoms with E-state index < -0.39 is 0 Å². The smallest absolute Gasteiger partial charge is 0.0973 e. The molecule has 0 amide bonds. The summed E-state index contributed by atoms with van der Waals surface area (Å²) in [5, 5.41) is 0. The first-order chi connectivity index (χ1) is 19.2. The normalized spacial score (nSPS) is 11.2. The molecule has 2 aromatic heterocycles. The van der Waals surface area contributed by atoms with Crippen LogP contribution in [0.3, 0.4) is 0 Å². The third-order valence-corrected chi connectivity index (χ3v) is 6.92. The molecule has 39 heavy (non-hydrogen) atoms. The highest BCUT2D eigenvalue weighted by atomic mass is 14.8. The van der Waals surface area contributed by atoms with Crippen LogP contribution >= 0.6 is 0 Å². The summed E-state index contributed by atoms with van der Waals surface area (Å²) in [5.74, 6) is 0. The van der Waals surface area contributed by atoms with Gasteiger partial charge in [0.2, 0.25) is 0 Å². The highest BCUT2D eigenvalue weighted by molar-refractivity contribution is 5.89. The molecule has 0 aliphatic heterocycles. The van der Waals surface area contributed by atoms with Gasteiger partial charge in [-0.25, -0.2) is 19.9 Å². The van der Waals surface area contributed by atoms with Crippen molar-refractivity contribution in [3.05, 3.63) is 133 Å². The van der Waals surface area contributed by atoms with Crippen molar-refractivity contribution >= 4 is 22.1 Å². The zero-order valence-corrected chi connectivity index (χ0v) is 21.4. The molecule has 0 saturated heterocycles. The highest BCUT2D eigenvalue weighted by Gasteiger charge is 2.16. The molecule has 2 heterocycles. The van der Waals surface area contributed by atoms with Crippen molar-refractivity contribution in [2.75, 3.05) is 0 Å². The first-order valence-corrected chi connectivity index (χ1v) is 13.0. The van der Waals surface area contributed by atoms with Gasteiger partial charge in [-0.05, 0) is 36.8 Å². The van der Waals surface area contributed by atoms with Gasteiger partial charge in [-0.15, -0.1) is 0 Å². The number of hydrogen-bond acceptors (Lipinski definition) is 4. The standard InChI is InChI=1S/C35H24N4/c1-23-16-21-30-31(22-23)39-33(25-12-6-3-7-13-25)35(38-30)27-19-17-26(18-20-27)34-32(24-10-4-2-5-11-24)36-28-14-8-9-15-29(28)37-34/h2-22H,1H3. The topological polar surface area (TPSA) is 51.6 Å². The van der Waals surface area contributed by atoms with E-state index in [-0.39, 0.29) is 0 Å². The summed E-state index contributed by atoms with van der Waals surface area (Å²) >= 11 is 0. The van der Waals surface area contributed by atoms with E-state index in [1.54, 1.807) is 0 Å². The van der Waals surface area contributed by atoms with Gasteiger partial charge in [0.15, 0.2) is 0 Å². The Balaban J connectivity index is 1.39. The van der Waals surface area contributed by atoms with E-state index in [0.29, 0.717) is 0 Å². The Morgan fingerprint density at radius 3 is 1.15 bits per heavy atom. The van der Waals surface area contributed by atoms with Crippen molar-refractivity contribution in [1.29, 1.82) is 0 Å². The summed E-state index contributed by atoms with van der Waals surface area (Å²) < 4.78 is 0. The van der Waals surface area contributed by atoms with Crippen LogP contribution in [-0.2, 0) is 0 Å². The monoisotopic (exact) mass is 500 g/mol. The molecule has 0 bridgehead atoms. The van der Waals surface area contributed by atoms with Crippen LogP contribution in [-0.4, -0.2) is 19.9 Å². The number of fused-ring (bicyclic) bond motifs is 2. The zero-order chi connectivity index (χ0) is 26.2. The van der Waals surface area contributed by atoms with Crippen LogP contribution in [0.4, 0.5) is 0 Å². The molecule has 4 heteroatoms. The SMILES string of the molecule is Cc1ccc2nc(-c3ccc(-c4nc5ccccc5nc4-c4ccccc4)cc3)c(-c3ccccc3)nc2c1. The Kier molecular flexibility index (Phi) is 5.64. The minimum Gasteiger partial charge on any atom is -0.244 e. The first-order valence-electron chi connectivity index (χ1n) is 13.0. The molecule has 0 saturated carbocycles. The molecule has 5 aromatic carbocycles. The molecule has 0 unspecified atom stereocenters. The predicted molar refractivity (Wildman–Crippen MR) is 159 cm³/mol. The van der Waals surface area contributed by atoms with Crippen LogP contribution in [0.1, 0.15) is 5.56 Å². The summed E-state index contributed by atoms with van der Waals surface area (Å²) in [6.45, 7) is 2.08. The fraction of sp³-hybridized carbons (Fsp3) is 0.0286. The number of para-hydroxylation sites is 2. The van der Waals surface area contributed by atoms with Crippen LogP contribution in [0.5, 0.6) is 0 Å². The largest absolute Gasteiger partial charge is 0.244 e. The van der Waals surface area contributed by atoms with Crippen LogP contribution in [0.2, 0.25) is 0 Å². The molecule has 0 N–H and O–H groups in total. The van der Waals surface area contributed by atoms with Crippen molar-refractivity contribution < 1.29 is 0 Å². The average Bonchev–Trinajstić information content (AvgIpc) is 3.01. The van der Waals surface area contributed by atoms with E-state index in [4.69, 9.17) is 19.9 Å². The quantitative estimate of drug-likeness (QED) is 0.243. The predicted octanol–water partition coefficient (Wildman–Crippen LogP) is 8.55.